The highest BCUT2D eigenvalue weighted by Gasteiger charge is 2.14. The molecular formula is C16H18ClNO. The molecule has 3 heteroatoms. The van der Waals surface area contributed by atoms with Crippen molar-refractivity contribution in [2.75, 3.05) is 7.11 Å². The smallest absolute Gasteiger partial charge is 0.125 e. The minimum Gasteiger partial charge on any atom is -0.496 e. The number of benzene rings is 2. The van der Waals surface area contributed by atoms with E-state index in [9.17, 15) is 0 Å². The third-order valence-corrected chi connectivity index (χ3v) is 3.51. The molecule has 0 saturated carbocycles. The first-order valence-electron chi connectivity index (χ1n) is 6.33. The van der Waals surface area contributed by atoms with Crippen LogP contribution in [0.25, 0.3) is 0 Å². The van der Waals surface area contributed by atoms with E-state index in [2.05, 4.69) is 31.2 Å². The predicted molar refractivity (Wildman–Crippen MR) is 79.9 cm³/mol. The van der Waals surface area contributed by atoms with E-state index in [1.807, 2.05) is 12.1 Å². The number of halogens is 1. The van der Waals surface area contributed by atoms with Crippen LogP contribution in [0.15, 0.2) is 42.5 Å². The molecule has 1 unspecified atom stereocenters. The Morgan fingerprint density at radius 2 is 1.84 bits per heavy atom. The van der Waals surface area contributed by atoms with Crippen LogP contribution >= 0.6 is 11.6 Å². The maximum absolute atomic E-state index is 6.31. The zero-order valence-electron chi connectivity index (χ0n) is 11.2. The van der Waals surface area contributed by atoms with Crippen molar-refractivity contribution in [3.63, 3.8) is 0 Å². The monoisotopic (exact) mass is 275 g/mol. The lowest BCUT2D eigenvalue weighted by molar-refractivity contribution is 0.408. The van der Waals surface area contributed by atoms with Crippen LogP contribution in [0, 0.1) is 0 Å². The summed E-state index contributed by atoms with van der Waals surface area (Å²) in [5.74, 6) is 0.722. The van der Waals surface area contributed by atoms with Crippen LogP contribution in [0.5, 0.6) is 5.75 Å². The SMILES string of the molecule is CCc1ccc(C(N)c2ccc(Cl)cc2OC)cc1. The summed E-state index contributed by atoms with van der Waals surface area (Å²) < 4.78 is 5.35. The Morgan fingerprint density at radius 1 is 1.16 bits per heavy atom. The average molecular weight is 276 g/mol. The fourth-order valence-electron chi connectivity index (χ4n) is 2.08. The molecule has 2 nitrogen and oxygen atoms in total. The van der Waals surface area contributed by atoms with Gasteiger partial charge in [0.15, 0.2) is 0 Å². The van der Waals surface area contributed by atoms with E-state index in [-0.39, 0.29) is 6.04 Å². The Kier molecular flexibility index (Phi) is 4.46. The lowest BCUT2D eigenvalue weighted by atomic mass is 9.97. The largest absolute Gasteiger partial charge is 0.496 e. The Balaban J connectivity index is 2.34. The van der Waals surface area contributed by atoms with Crippen molar-refractivity contribution in [2.45, 2.75) is 19.4 Å². The highest BCUT2D eigenvalue weighted by Crippen LogP contribution is 2.30. The van der Waals surface area contributed by atoms with Gasteiger partial charge in [0.1, 0.15) is 5.75 Å². The van der Waals surface area contributed by atoms with Gasteiger partial charge < -0.3 is 10.5 Å². The third kappa shape index (κ3) is 3.09. The van der Waals surface area contributed by atoms with Crippen molar-refractivity contribution in [3.8, 4) is 5.75 Å². The Morgan fingerprint density at radius 3 is 2.42 bits per heavy atom. The summed E-state index contributed by atoms with van der Waals surface area (Å²) >= 11 is 5.97. The summed E-state index contributed by atoms with van der Waals surface area (Å²) in [6.07, 6.45) is 1.03. The molecule has 0 aromatic heterocycles. The highest BCUT2D eigenvalue weighted by atomic mass is 35.5. The van der Waals surface area contributed by atoms with Crippen molar-refractivity contribution in [3.05, 3.63) is 64.2 Å². The van der Waals surface area contributed by atoms with Gasteiger partial charge in [-0.05, 0) is 29.7 Å². The lowest BCUT2D eigenvalue weighted by Crippen LogP contribution is -2.13. The fraction of sp³-hybridized carbons (Fsp3) is 0.250. The third-order valence-electron chi connectivity index (χ3n) is 3.28. The molecule has 0 saturated heterocycles. The van der Waals surface area contributed by atoms with Crippen LogP contribution in [0.3, 0.4) is 0 Å². The van der Waals surface area contributed by atoms with Crippen LogP contribution in [-0.2, 0) is 6.42 Å². The molecule has 100 valence electrons. The number of hydrogen-bond donors (Lipinski definition) is 1. The number of ether oxygens (including phenoxy) is 1. The molecular weight excluding hydrogens is 258 g/mol. The van der Waals surface area contributed by atoms with Crippen molar-refractivity contribution >= 4 is 11.6 Å². The van der Waals surface area contributed by atoms with Crippen LogP contribution in [0.2, 0.25) is 5.02 Å². The summed E-state index contributed by atoms with van der Waals surface area (Å²) in [4.78, 5) is 0. The molecule has 2 aromatic carbocycles. The molecule has 0 aliphatic rings. The van der Waals surface area contributed by atoms with E-state index < -0.39 is 0 Å². The van der Waals surface area contributed by atoms with Gasteiger partial charge in [0.25, 0.3) is 0 Å². The summed E-state index contributed by atoms with van der Waals surface area (Å²) in [5, 5.41) is 0.647. The molecule has 0 spiro atoms. The first-order valence-corrected chi connectivity index (χ1v) is 6.71. The summed E-state index contributed by atoms with van der Waals surface area (Å²) in [7, 11) is 1.63. The zero-order valence-corrected chi connectivity index (χ0v) is 11.9. The van der Waals surface area contributed by atoms with Gasteiger partial charge in [0, 0.05) is 10.6 Å². The Bertz CT molecular complexity index is 551. The van der Waals surface area contributed by atoms with Gasteiger partial charge in [-0.2, -0.15) is 0 Å². The number of aryl methyl sites for hydroxylation is 1. The van der Waals surface area contributed by atoms with Crippen LogP contribution in [0.4, 0.5) is 0 Å². The van der Waals surface area contributed by atoms with Crippen molar-refractivity contribution in [1.29, 1.82) is 0 Å². The first-order chi connectivity index (χ1) is 9.15. The van der Waals surface area contributed by atoms with Gasteiger partial charge in [-0.15, -0.1) is 0 Å². The Labute approximate surface area is 119 Å². The van der Waals surface area contributed by atoms with E-state index >= 15 is 0 Å². The Hall–Kier alpha value is -1.51. The van der Waals surface area contributed by atoms with Crippen molar-refractivity contribution < 1.29 is 4.74 Å². The number of hydrogen-bond acceptors (Lipinski definition) is 2. The molecule has 2 rings (SSSR count). The number of nitrogens with two attached hydrogens (primary N) is 1. The molecule has 0 aliphatic carbocycles. The second-order valence-electron chi connectivity index (χ2n) is 4.46. The molecule has 0 heterocycles. The molecule has 0 bridgehead atoms. The molecule has 0 fully saturated rings. The summed E-state index contributed by atoms with van der Waals surface area (Å²) in [6.45, 7) is 2.14. The van der Waals surface area contributed by atoms with Crippen LogP contribution < -0.4 is 10.5 Å². The summed E-state index contributed by atoms with van der Waals surface area (Å²) in [5.41, 5.74) is 9.62. The minimum absolute atomic E-state index is 0.210. The van der Waals surface area contributed by atoms with Gasteiger partial charge in [-0.1, -0.05) is 48.9 Å². The van der Waals surface area contributed by atoms with Crippen molar-refractivity contribution in [1.82, 2.24) is 0 Å². The normalized spacial score (nSPS) is 12.2. The van der Waals surface area contributed by atoms with Gasteiger partial charge >= 0.3 is 0 Å². The average Bonchev–Trinajstić information content (AvgIpc) is 2.46. The maximum Gasteiger partial charge on any atom is 0.125 e. The minimum atomic E-state index is -0.210. The molecule has 19 heavy (non-hydrogen) atoms. The maximum atomic E-state index is 6.31. The molecule has 0 aliphatic heterocycles. The van der Waals surface area contributed by atoms with Gasteiger partial charge in [-0.3, -0.25) is 0 Å². The number of methoxy groups -OCH3 is 1. The van der Waals surface area contributed by atoms with Gasteiger partial charge in [-0.25, -0.2) is 0 Å². The lowest BCUT2D eigenvalue weighted by Gasteiger charge is -2.16. The van der Waals surface area contributed by atoms with Crippen LogP contribution in [0.1, 0.15) is 29.7 Å². The van der Waals surface area contributed by atoms with E-state index in [1.54, 1.807) is 13.2 Å². The topological polar surface area (TPSA) is 35.2 Å². The molecule has 1 atom stereocenters. The van der Waals surface area contributed by atoms with Gasteiger partial charge in [0.05, 0.1) is 13.2 Å². The molecule has 2 N–H and O–H groups in total. The van der Waals surface area contributed by atoms with Crippen LogP contribution in [-0.4, -0.2) is 7.11 Å². The molecule has 2 aromatic rings. The quantitative estimate of drug-likeness (QED) is 0.917. The zero-order chi connectivity index (χ0) is 13.8. The van der Waals surface area contributed by atoms with E-state index in [0.29, 0.717) is 5.02 Å². The molecule has 0 amide bonds. The summed E-state index contributed by atoms with van der Waals surface area (Å²) in [6, 6.07) is 13.7. The number of rotatable bonds is 4. The van der Waals surface area contributed by atoms with Crippen molar-refractivity contribution in [2.24, 2.45) is 5.73 Å². The van der Waals surface area contributed by atoms with E-state index in [4.69, 9.17) is 22.1 Å². The van der Waals surface area contributed by atoms with Gasteiger partial charge in [0.2, 0.25) is 0 Å². The predicted octanol–water partition coefficient (Wildman–Crippen LogP) is 3.96. The standard InChI is InChI=1S/C16H18ClNO/c1-3-11-4-6-12(7-5-11)16(18)14-9-8-13(17)10-15(14)19-2/h4-10,16H,3,18H2,1-2H3. The van der Waals surface area contributed by atoms with E-state index in [1.165, 1.54) is 5.56 Å². The second-order valence-corrected chi connectivity index (χ2v) is 4.90. The fourth-order valence-corrected chi connectivity index (χ4v) is 2.24. The second kappa shape index (κ2) is 6.09. The molecule has 0 radical (unpaired) electrons. The first kappa shape index (κ1) is 13.9. The highest BCUT2D eigenvalue weighted by molar-refractivity contribution is 6.30. The van der Waals surface area contributed by atoms with E-state index in [0.717, 1.165) is 23.3 Å².